The van der Waals surface area contributed by atoms with E-state index in [0.717, 1.165) is 24.3 Å². The summed E-state index contributed by atoms with van der Waals surface area (Å²) < 4.78 is 46.6. The van der Waals surface area contributed by atoms with E-state index in [1.807, 2.05) is 0 Å². The molecule has 0 spiro atoms. The number of amides is 1. The molecule has 3 N–H and O–H groups in total. The Hall–Kier alpha value is -3.47. The maximum atomic E-state index is 13.2. The lowest BCUT2D eigenvalue weighted by Gasteiger charge is -2.19. The first-order valence-electron chi connectivity index (χ1n) is 9.90. The number of benzene rings is 3. The van der Waals surface area contributed by atoms with Gasteiger partial charge in [-0.1, -0.05) is 23.7 Å². The largest absolute Gasteiger partial charge is 0.491 e. The van der Waals surface area contributed by atoms with Crippen LogP contribution in [0.3, 0.4) is 0 Å². The van der Waals surface area contributed by atoms with Gasteiger partial charge in [-0.05, 0) is 66.2 Å². The maximum absolute atomic E-state index is 13.2. The number of aliphatic carboxylic acids is 1. The summed E-state index contributed by atoms with van der Waals surface area (Å²) in [6.07, 6.45) is -0.177. The van der Waals surface area contributed by atoms with Crippen LogP contribution in [0.4, 0.5) is 10.1 Å². The Morgan fingerprint density at radius 1 is 0.971 bits per heavy atom. The molecule has 0 saturated carbocycles. The fourth-order valence-corrected chi connectivity index (χ4v) is 4.16. The quantitative estimate of drug-likeness (QED) is 0.387. The maximum Gasteiger partial charge on any atom is 0.307 e. The molecule has 3 aromatic carbocycles. The molecular formula is C23H20ClFN2O6S. The van der Waals surface area contributed by atoms with E-state index < -0.39 is 33.8 Å². The second-order valence-electron chi connectivity index (χ2n) is 7.15. The highest BCUT2D eigenvalue weighted by Crippen LogP contribution is 2.17. The fraction of sp³-hybridized carbons (Fsp3) is 0.130. The van der Waals surface area contributed by atoms with Crippen LogP contribution in [0.5, 0.6) is 5.75 Å². The van der Waals surface area contributed by atoms with Crippen molar-refractivity contribution in [2.24, 2.45) is 0 Å². The third kappa shape index (κ3) is 7.27. The van der Waals surface area contributed by atoms with Crippen molar-refractivity contribution in [2.75, 3.05) is 11.9 Å². The Morgan fingerprint density at radius 3 is 2.18 bits per heavy atom. The highest BCUT2D eigenvalue weighted by molar-refractivity contribution is 7.89. The zero-order chi connectivity index (χ0) is 24.7. The molecule has 0 bridgehead atoms. The van der Waals surface area contributed by atoms with Crippen molar-refractivity contribution in [3.05, 3.63) is 89.2 Å². The molecule has 0 heterocycles. The predicted molar refractivity (Wildman–Crippen MR) is 124 cm³/mol. The number of carbonyl (C=O) groups is 2. The van der Waals surface area contributed by atoms with E-state index in [1.54, 1.807) is 24.3 Å². The van der Waals surface area contributed by atoms with Crippen LogP contribution in [0.2, 0.25) is 5.02 Å². The van der Waals surface area contributed by atoms with Crippen LogP contribution in [0.25, 0.3) is 0 Å². The van der Waals surface area contributed by atoms with Crippen molar-refractivity contribution >= 4 is 39.2 Å². The van der Waals surface area contributed by atoms with Gasteiger partial charge in [0.05, 0.1) is 11.3 Å². The van der Waals surface area contributed by atoms with E-state index >= 15 is 0 Å². The summed E-state index contributed by atoms with van der Waals surface area (Å²) in [5.41, 5.74) is 0.863. The zero-order valence-corrected chi connectivity index (χ0v) is 19.1. The molecule has 1 unspecified atom stereocenters. The van der Waals surface area contributed by atoms with Crippen LogP contribution in [0, 0.1) is 5.82 Å². The molecule has 8 nitrogen and oxygen atoms in total. The highest BCUT2D eigenvalue weighted by Gasteiger charge is 2.27. The second kappa shape index (κ2) is 11.1. The monoisotopic (exact) mass is 506 g/mol. The number of nitrogens with one attached hydrogen (secondary N) is 2. The first kappa shape index (κ1) is 25.2. The van der Waals surface area contributed by atoms with Gasteiger partial charge in [-0.25, -0.2) is 12.8 Å². The molecule has 34 heavy (non-hydrogen) atoms. The molecule has 0 fully saturated rings. The molecule has 0 aliphatic carbocycles. The Morgan fingerprint density at radius 2 is 1.59 bits per heavy atom. The summed E-state index contributed by atoms with van der Waals surface area (Å²) >= 11 is 5.85. The summed E-state index contributed by atoms with van der Waals surface area (Å²) in [5, 5.41) is 11.9. The molecule has 0 aliphatic heterocycles. The number of sulfonamides is 1. The van der Waals surface area contributed by atoms with Gasteiger partial charge in [-0.15, -0.1) is 0 Å². The Balaban J connectivity index is 1.78. The lowest BCUT2D eigenvalue weighted by atomic mass is 10.1. The third-order valence-electron chi connectivity index (χ3n) is 4.54. The number of hydrogen-bond donors (Lipinski definition) is 3. The number of hydrogen-bond acceptors (Lipinski definition) is 5. The minimum absolute atomic E-state index is 0.177. The molecule has 3 aromatic rings. The van der Waals surface area contributed by atoms with Crippen molar-refractivity contribution in [1.82, 2.24) is 4.72 Å². The average Bonchev–Trinajstić information content (AvgIpc) is 2.79. The van der Waals surface area contributed by atoms with Gasteiger partial charge in [0.2, 0.25) is 15.9 Å². The fourth-order valence-electron chi connectivity index (χ4n) is 2.85. The summed E-state index contributed by atoms with van der Waals surface area (Å²) in [5.74, 6) is -1.95. The van der Waals surface area contributed by atoms with Crippen molar-refractivity contribution in [3.8, 4) is 5.75 Å². The number of rotatable bonds is 10. The van der Waals surface area contributed by atoms with Gasteiger partial charge in [0.15, 0.2) is 0 Å². The van der Waals surface area contributed by atoms with E-state index in [9.17, 15) is 22.4 Å². The van der Waals surface area contributed by atoms with Crippen LogP contribution in [0.15, 0.2) is 77.7 Å². The van der Waals surface area contributed by atoms with E-state index in [1.165, 1.54) is 24.3 Å². The Kier molecular flexibility index (Phi) is 8.21. The van der Waals surface area contributed by atoms with Crippen molar-refractivity contribution < 1.29 is 32.2 Å². The summed E-state index contributed by atoms with van der Waals surface area (Å²) in [4.78, 5) is 23.5. The molecule has 0 aromatic heterocycles. The van der Waals surface area contributed by atoms with Crippen LogP contribution >= 0.6 is 11.6 Å². The minimum atomic E-state index is -4.19. The van der Waals surface area contributed by atoms with Gasteiger partial charge in [-0.3, -0.25) is 9.59 Å². The van der Waals surface area contributed by atoms with Gasteiger partial charge in [-0.2, -0.15) is 4.72 Å². The van der Waals surface area contributed by atoms with Gasteiger partial charge in [0, 0.05) is 10.7 Å². The Bertz CT molecular complexity index is 1250. The molecule has 11 heteroatoms. The average molecular weight is 507 g/mol. The molecule has 1 amide bonds. The van der Waals surface area contributed by atoms with E-state index in [0.29, 0.717) is 22.0 Å². The molecule has 3 rings (SSSR count). The van der Waals surface area contributed by atoms with Crippen molar-refractivity contribution in [2.45, 2.75) is 17.4 Å². The molecule has 178 valence electrons. The SMILES string of the molecule is O=C(O)Cc1ccc(NC(=O)C(COc2ccc(Cl)cc2)NS(=O)(=O)c2ccc(F)cc2)cc1. The number of carboxylic acid groups (broad SMARTS) is 1. The highest BCUT2D eigenvalue weighted by atomic mass is 35.5. The van der Waals surface area contributed by atoms with Crippen molar-refractivity contribution in [3.63, 3.8) is 0 Å². The number of carboxylic acids is 1. The molecule has 0 saturated heterocycles. The van der Waals surface area contributed by atoms with E-state index in [-0.39, 0.29) is 17.9 Å². The third-order valence-corrected chi connectivity index (χ3v) is 6.28. The van der Waals surface area contributed by atoms with Crippen LogP contribution in [0.1, 0.15) is 5.56 Å². The summed E-state index contributed by atoms with van der Waals surface area (Å²) in [6.45, 7) is -0.356. The number of halogens is 2. The lowest BCUT2D eigenvalue weighted by Crippen LogP contribution is -2.47. The molecular weight excluding hydrogens is 487 g/mol. The first-order valence-corrected chi connectivity index (χ1v) is 11.8. The number of carbonyl (C=O) groups excluding carboxylic acids is 1. The van der Waals surface area contributed by atoms with Crippen LogP contribution < -0.4 is 14.8 Å². The molecule has 1 atom stereocenters. The lowest BCUT2D eigenvalue weighted by molar-refractivity contribution is -0.136. The van der Waals surface area contributed by atoms with E-state index in [2.05, 4.69) is 10.0 Å². The first-order chi connectivity index (χ1) is 16.1. The normalized spacial score (nSPS) is 12.1. The zero-order valence-electron chi connectivity index (χ0n) is 17.6. The molecule has 0 aliphatic rings. The van der Waals surface area contributed by atoms with Gasteiger partial charge < -0.3 is 15.2 Å². The van der Waals surface area contributed by atoms with Gasteiger partial charge in [0.1, 0.15) is 24.2 Å². The Labute approximate surface area is 200 Å². The molecule has 0 radical (unpaired) electrons. The topological polar surface area (TPSA) is 122 Å². The van der Waals surface area contributed by atoms with Crippen molar-refractivity contribution in [1.29, 1.82) is 0 Å². The smallest absolute Gasteiger partial charge is 0.307 e. The van der Waals surface area contributed by atoms with Gasteiger partial charge >= 0.3 is 5.97 Å². The summed E-state index contributed by atoms with van der Waals surface area (Å²) in [7, 11) is -4.19. The van der Waals surface area contributed by atoms with Crippen LogP contribution in [-0.2, 0) is 26.0 Å². The predicted octanol–water partition coefficient (Wildman–Crippen LogP) is 3.47. The van der Waals surface area contributed by atoms with E-state index in [4.69, 9.17) is 21.4 Å². The standard InChI is InChI=1S/C23H20ClFN2O6S/c24-16-3-9-19(10-4-16)33-14-21(27-34(31,32)20-11-5-17(25)6-12-20)23(30)26-18-7-1-15(2-8-18)13-22(28)29/h1-12,21,27H,13-14H2,(H,26,30)(H,28,29). The minimum Gasteiger partial charge on any atom is -0.491 e. The second-order valence-corrected chi connectivity index (χ2v) is 9.30. The van der Waals surface area contributed by atoms with Gasteiger partial charge in [0.25, 0.3) is 0 Å². The number of ether oxygens (including phenoxy) is 1. The summed E-state index contributed by atoms with van der Waals surface area (Å²) in [6, 6.07) is 15.1. The number of anilines is 1. The van der Waals surface area contributed by atoms with Crippen LogP contribution in [-0.4, -0.2) is 38.0 Å².